The Bertz CT molecular complexity index is 662. The van der Waals surface area contributed by atoms with Crippen LogP contribution in [-0.2, 0) is 4.74 Å². The van der Waals surface area contributed by atoms with Crippen molar-refractivity contribution in [3.05, 3.63) is 34.8 Å². The van der Waals surface area contributed by atoms with Gasteiger partial charge in [0.25, 0.3) is 0 Å². The number of hydrogen-bond donors (Lipinski definition) is 2. The van der Waals surface area contributed by atoms with Gasteiger partial charge >= 0.3 is 6.09 Å². The molecular formula is C15H16BrNO3. The molecule has 0 saturated heterocycles. The number of phenolic OH excluding ortho intramolecular Hbond substituents is 1. The lowest BCUT2D eigenvalue weighted by Crippen LogP contribution is -2.27. The number of amides is 1. The van der Waals surface area contributed by atoms with E-state index >= 15 is 0 Å². The van der Waals surface area contributed by atoms with E-state index in [4.69, 9.17) is 4.74 Å². The number of carbonyl (C=O) groups excluding carboxylic acids is 1. The van der Waals surface area contributed by atoms with Gasteiger partial charge in [-0.2, -0.15) is 0 Å². The van der Waals surface area contributed by atoms with E-state index in [1.165, 1.54) is 0 Å². The minimum absolute atomic E-state index is 0.142. The zero-order chi connectivity index (χ0) is 14.9. The Balaban J connectivity index is 2.38. The zero-order valence-electron chi connectivity index (χ0n) is 11.5. The number of nitrogens with one attached hydrogen (secondary N) is 1. The summed E-state index contributed by atoms with van der Waals surface area (Å²) >= 11 is 3.45. The monoisotopic (exact) mass is 337 g/mol. The highest BCUT2D eigenvalue weighted by atomic mass is 79.9. The summed E-state index contributed by atoms with van der Waals surface area (Å²) in [7, 11) is 0. The van der Waals surface area contributed by atoms with Crippen LogP contribution >= 0.6 is 15.9 Å². The maximum Gasteiger partial charge on any atom is 0.412 e. The summed E-state index contributed by atoms with van der Waals surface area (Å²) in [5.74, 6) is 0.142. The predicted octanol–water partition coefficient (Wildman–Crippen LogP) is 4.65. The molecule has 0 aliphatic rings. The van der Waals surface area contributed by atoms with Crippen molar-refractivity contribution in [3.63, 3.8) is 0 Å². The fourth-order valence-electron chi connectivity index (χ4n) is 1.82. The highest BCUT2D eigenvalue weighted by Gasteiger charge is 2.17. The van der Waals surface area contributed by atoms with E-state index in [9.17, 15) is 9.90 Å². The quantitative estimate of drug-likeness (QED) is 0.795. The third kappa shape index (κ3) is 3.42. The van der Waals surface area contributed by atoms with Crippen LogP contribution in [0.4, 0.5) is 10.5 Å². The average Bonchev–Trinajstić information content (AvgIpc) is 2.30. The van der Waals surface area contributed by atoms with Crippen molar-refractivity contribution in [2.45, 2.75) is 26.4 Å². The van der Waals surface area contributed by atoms with Crippen molar-refractivity contribution in [2.24, 2.45) is 0 Å². The first-order valence-corrected chi connectivity index (χ1v) is 6.97. The largest absolute Gasteiger partial charge is 0.508 e. The molecule has 2 N–H and O–H groups in total. The first kappa shape index (κ1) is 14.7. The van der Waals surface area contributed by atoms with E-state index in [1.807, 2.05) is 6.07 Å². The van der Waals surface area contributed by atoms with Crippen LogP contribution in [0.1, 0.15) is 20.8 Å². The molecule has 0 aromatic heterocycles. The molecule has 20 heavy (non-hydrogen) atoms. The van der Waals surface area contributed by atoms with Gasteiger partial charge in [0.15, 0.2) is 0 Å². The first-order chi connectivity index (χ1) is 9.26. The Labute approximate surface area is 125 Å². The van der Waals surface area contributed by atoms with E-state index in [0.717, 1.165) is 15.2 Å². The van der Waals surface area contributed by atoms with Crippen molar-refractivity contribution < 1.29 is 14.6 Å². The molecule has 0 aliphatic heterocycles. The lowest BCUT2D eigenvalue weighted by atomic mass is 10.1. The number of hydrogen-bond acceptors (Lipinski definition) is 3. The lowest BCUT2D eigenvalue weighted by Gasteiger charge is -2.20. The molecular weight excluding hydrogens is 322 g/mol. The summed E-state index contributed by atoms with van der Waals surface area (Å²) in [4.78, 5) is 11.8. The Morgan fingerprint density at radius 1 is 1.20 bits per heavy atom. The minimum atomic E-state index is -0.558. The molecule has 0 radical (unpaired) electrons. The highest BCUT2D eigenvalue weighted by molar-refractivity contribution is 9.10. The Kier molecular flexibility index (Phi) is 3.90. The maximum absolute atomic E-state index is 11.8. The van der Waals surface area contributed by atoms with Crippen LogP contribution in [0.3, 0.4) is 0 Å². The smallest absolute Gasteiger partial charge is 0.412 e. The molecule has 2 aromatic carbocycles. The van der Waals surface area contributed by atoms with Gasteiger partial charge in [-0.25, -0.2) is 4.79 Å². The minimum Gasteiger partial charge on any atom is -0.508 e. The van der Waals surface area contributed by atoms with E-state index in [0.29, 0.717) is 5.69 Å². The summed E-state index contributed by atoms with van der Waals surface area (Å²) < 4.78 is 6.12. The number of halogens is 1. The molecule has 0 fully saturated rings. The molecule has 106 valence electrons. The molecule has 0 aliphatic carbocycles. The number of fused-ring (bicyclic) bond motifs is 1. The van der Waals surface area contributed by atoms with Crippen molar-refractivity contribution in [1.29, 1.82) is 0 Å². The number of ether oxygens (including phenoxy) is 1. The van der Waals surface area contributed by atoms with Crippen LogP contribution in [-0.4, -0.2) is 16.8 Å². The van der Waals surface area contributed by atoms with Gasteiger partial charge < -0.3 is 9.84 Å². The van der Waals surface area contributed by atoms with E-state index in [2.05, 4.69) is 21.2 Å². The summed E-state index contributed by atoms with van der Waals surface area (Å²) in [6, 6.07) is 8.59. The van der Waals surface area contributed by atoms with Crippen LogP contribution in [0.2, 0.25) is 0 Å². The van der Waals surface area contributed by atoms with Crippen molar-refractivity contribution in [2.75, 3.05) is 5.32 Å². The number of carbonyl (C=O) groups is 1. The molecule has 1 amide bonds. The molecule has 0 bridgehead atoms. The zero-order valence-corrected chi connectivity index (χ0v) is 13.1. The number of phenols is 1. The molecule has 2 aromatic rings. The number of aromatic hydroxyl groups is 1. The normalized spacial score (nSPS) is 11.4. The van der Waals surface area contributed by atoms with Gasteiger partial charge in [-0.1, -0.05) is 15.9 Å². The topological polar surface area (TPSA) is 58.6 Å². The van der Waals surface area contributed by atoms with Crippen molar-refractivity contribution in [3.8, 4) is 5.75 Å². The molecule has 0 atom stereocenters. The maximum atomic E-state index is 11.8. The van der Waals surface area contributed by atoms with E-state index in [1.54, 1.807) is 45.0 Å². The molecule has 5 heteroatoms. The van der Waals surface area contributed by atoms with Crippen LogP contribution < -0.4 is 5.32 Å². The summed E-state index contributed by atoms with van der Waals surface area (Å²) in [5.41, 5.74) is 0.0329. The molecule has 0 heterocycles. The van der Waals surface area contributed by atoms with Crippen LogP contribution in [0.15, 0.2) is 34.8 Å². The highest BCUT2D eigenvalue weighted by Crippen LogP contribution is 2.32. The van der Waals surface area contributed by atoms with Crippen LogP contribution in [0, 0.1) is 0 Å². The fourth-order valence-corrected chi connectivity index (χ4v) is 2.30. The first-order valence-electron chi connectivity index (χ1n) is 6.17. The predicted molar refractivity (Wildman–Crippen MR) is 83.2 cm³/mol. The van der Waals surface area contributed by atoms with Crippen LogP contribution in [0.25, 0.3) is 10.8 Å². The number of benzene rings is 2. The SMILES string of the molecule is CC(C)(C)OC(=O)Nc1ccc(Br)c2ccc(O)cc12. The fraction of sp³-hybridized carbons (Fsp3) is 0.267. The van der Waals surface area contributed by atoms with Crippen molar-refractivity contribution >= 4 is 38.5 Å². The van der Waals surface area contributed by atoms with Gasteiger partial charge in [-0.05, 0) is 56.5 Å². The third-order valence-corrected chi connectivity index (χ3v) is 3.27. The molecule has 0 unspecified atom stereocenters. The summed E-state index contributed by atoms with van der Waals surface area (Å²) in [6.45, 7) is 5.41. The third-order valence-electron chi connectivity index (χ3n) is 2.58. The second-order valence-electron chi connectivity index (χ2n) is 5.45. The van der Waals surface area contributed by atoms with Gasteiger partial charge in [0.1, 0.15) is 11.4 Å². The second-order valence-corrected chi connectivity index (χ2v) is 6.31. The Hall–Kier alpha value is -1.75. The number of anilines is 1. The van der Waals surface area contributed by atoms with E-state index in [-0.39, 0.29) is 5.75 Å². The van der Waals surface area contributed by atoms with Gasteiger partial charge in [0, 0.05) is 9.86 Å². The average molecular weight is 338 g/mol. The standard InChI is InChI=1S/C15H16BrNO3/c1-15(2,3)20-14(19)17-13-7-6-12(16)10-5-4-9(18)8-11(10)13/h4-8,18H,1-3H3,(H,17,19). The van der Waals surface area contributed by atoms with Gasteiger partial charge in [-0.3, -0.25) is 5.32 Å². The van der Waals surface area contributed by atoms with Gasteiger partial charge in [0.05, 0.1) is 5.69 Å². The van der Waals surface area contributed by atoms with Gasteiger partial charge in [0.2, 0.25) is 0 Å². The Morgan fingerprint density at radius 3 is 2.55 bits per heavy atom. The lowest BCUT2D eigenvalue weighted by molar-refractivity contribution is 0.0636. The second kappa shape index (κ2) is 5.32. The molecule has 0 spiro atoms. The summed E-state index contributed by atoms with van der Waals surface area (Å²) in [6.07, 6.45) is -0.524. The molecule has 4 nitrogen and oxygen atoms in total. The molecule has 2 rings (SSSR count). The Morgan fingerprint density at radius 2 is 1.90 bits per heavy atom. The number of rotatable bonds is 1. The van der Waals surface area contributed by atoms with Gasteiger partial charge in [-0.15, -0.1) is 0 Å². The molecule has 0 saturated carbocycles. The van der Waals surface area contributed by atoms with Crippen molar-refractivity contribution in [1.82, 2.24) is 0 Å². The van der Waals surface area contributed by atoms with E-state index < -0.39 is 11.7 Å². The van der Waals surface area contributed by atoms with Crippen LogP contribution in [0.5, 0.6) is 5.75 Å². The summed E-state index contributed by atoms with van der Waals surface area (Å²) in [5, 5.41) is 14.0.